The van der Waals surface area contributed by atoms with Gasteiger partial charge >= 0.3 is 0 Å². The predicted molar refractivity (Wildman–Crippen MR) is 81.7 cm³/mol. The molecular formula is C16H23NO5. The molecule has 1 heterocycles. The van der Waals surface area contributed by atoms with Crippen LogP contribution in [0.2, 0.25) is 0 Å². The summed E-state index contributed by atoms with van der Waals surface area (Å²) in [5.74, 6) is -0.179. The Bertz CT molecular complexity index is 476. The summed E-state index contributed by atoms with van der Waals surface area (Å²) >= 11 is 0. The molecule has 1 fully saturated rings. The van der Waals surface area contributed by atoms with E-state index in [-0.39, 0.29) is 19.0 Å². The summed E-state index contributed by atoms with van der Waals surface area (Å²) in [7, 11) is 0. The third-order valence-electron chi connectivity index (χ3n) is 3.78. The molecule has 6 heteroatoms. The quantitative estimate of drug-likeness (QED) is 0.812. The molecule has 1 aliphatic heterocycles. The van der Waals surface area contributed by atoms with Crippen molar-refractivity contribution in [2.75, 3.05) is 31.2 Å². The Labute approximate surface area is 130 Å². The van der Waals surface area contributed by atoms with Gasteiger partial charge in [-0.3, -0.25) is 4.79 Å². The van der Waals surface area contributed by atoms with Gasteiger partial charge in [-0.2, -0.15) is 0 Å². The lowest BCUT2D eigenvalue weighted by atomic mass is 10.0. The van der Waals surface area contributed by atoms with Gasteiger partial charge in [0, 0.05) is 18.8 Å². The van der Waals surface area contributed by atoms with Gasteiger partial charge in [-0.25, -0.2) is 0 Å². The zero-order valence-corrected chi connectivity index (χ0v) is 12.9. The standard InChI is InChI=1S/C16H23NO5/c1-3-17(4-2)12-7-5-11(6-8-12)14(19)15(20)16-21-9-13(18)10-22-16/h5-8,14-16,19-20H,3-4,9-10H2,1-2H3/t14-,15+/m1/s1. The molecule has 2 N–H and O–H groups in total. The molecule has 6 nitrogen and oxygen atoms in total. The Morgan fingerprint density at radius 2 is 1.68 bits per heavy atom. The highest BCUT2D eigenvalue weighted by Crippen LogP contribution is 2.24. The van der Waals surface area contributed by atoms with Crippen LogP contribution < -0.4 is 4.90 Å². The Kier molecular flexibility index (Phi) is 5.90. The van der Waals surface area contributed by atoms with Crippen molar-refractivity contribution in [3.63, 3.8) is 0 Å². The van der Waals surface area contributed by atoms with Crippen molar-refractivity contribution in [1.29, 1.82) is 0 Å². The van der Waals surface area contributed by atoms with Gasteiger partial charge in [0.05, 0.1) is 0 Å². The van der Waals surface area contributed by atoms with Crippen molar-refractivity contribution in [1.82, 2.24) is 0 Å². The fraction of sp³-hybridized carbons (Fsp3) is 0.562. The van der Waals surface area contributed by atoms with E-state index in [1.807, 2.05) is 12.1 Å². The van der Waals surface area contributed by atoms with Crippen molar-refractivity contribution >= 4 is 11.5 Å². The van der Waals surface area contributed by atoms with Gasteiger partial charge < -0.3 is 24.6 Å². The summed E-state index contributed by atoms with van der Waals surface area (Å²) in [5, 5.41) is 20.4. The maximum atomic E-state index is 11.0. The van der Waals surface area contributed by atoms with Crippen molar-refractivity contribution in [3.8, 4) is 0 Å². The number of nitrogens with zero attached hydrogens (tertiary/aromatic N) is 1. The molecule has 1 saturated heterocycles. The van der Waals surface area contributed by atoms with E-state index in [4.69, 9.17) is 9.47 Å². The number of ketones is 1. The second kappa shape index (κ2) is 7.69. The van der Waals surface area contributed by atoms with Gasteiger partial charge in [0.2, 0.25) is 0 Å². The van der Waals surface area contributed by atoms with Gasteiger partial charge in [0.15, 0.2) is 12.1 Å². The molecule has 0 aliphatic carbocycles. The van der Waals surface area contributed by atoms with Crippen LogP contribution >= 0.6 is 0 Å². The number of benzene rings is 1. The van der Waals surface area contributed by atoms with E-state index in [2.05, 4.69) is 18.7 Å². The lowest BCUT2D eigenvalue weighted by Gasteiger charge is -2.29. The number of hydrogen-bond donors (Lipinski definition) is 2. The molecule has 0 spiro atoms. The Hall–Kier alpha value is -1.47. The van der Waals surface area contributed by atoms with Crippen molar-refractivity contribution in [2.45, 2.75) is 32.3 Å². The second-order valence-electron chi connectivity index (χ2n) is 5.23. The Morgan fingerprint density at radius 3 is 2.18 bits per heavy atom. The number of ether oxygens (including phenoxy) is 2. The number of aliphatic hydroxyl groups excluding tert-OH is 2. The molecule has 22 heavy (non-hydrogen) atoms. The monoisotopic (exact) mass is 309 g/mol. The van der Waals surface area contributed by atoms with E-state index < -0.39 is 18.5 Å². The predicted octanol–water partition coefficient (Wildman–Crippen LogP) is 0.869. The lowest BCUT2D eigenvalue weighted by molar-refractivity contribution is -0.233. The van der Waals surface area contributed by atoms with E-state index in [0.29, 0.717) is 5.56 Å². The first-order chi connectivity index (χ1) is 10.6. The first-order valence-electron chi connectivity index (χ1n) is 7.52. The number of carbonyl (C=O) groups excluding carboxylic acids is 1. The van der Waals surface area contributed by atoms with Gasteiger partial charge in [0.1, 0.15) is 25.4 Å². The van der Waals surface area contributed by atoms with Crippen LogP contribution in [0, 0.1) is 0 Å². The molecule has 0 radical (unpaired) electrons. The smallest absolute Gasteiger partial charge is 0.187 e. The fourth-order valence-electron chi connectivity index (χ4n) is 2.45. The fourth-order valence-corrected chi connectivity index (χ4v) is 2.45. The largest absolute Gasteiger partial charge is 0.385 e. The van der Waals surface area contributed by atoms with Crippen molar-refractivity contribution in [2.24, 2.45) is 0 Å². The van der Waals surface area contributed by atoms with Crippen LogP contribution in [0.5, 0.6) is 0 Å². The third-order valence-corrected chi connectivity index (χ3v) is 3.78. The molecule has 2 rings (SSSR count). The average Bonchev–Trinajstić information content (AvgIpc) is 2.56. The SMILES string of the molecule is CCN(CC)c1ccc([C@@H](O)[C@H](O)C2OCC(=O)CO2)cc1. The molecule has 0 amide bonds. The highest BCUT2D eigenvalue weighted by atomic mass is 16.7. The van der Waals surface area contributed by atoms with E-state index in [0.717, 1.165) is 18.8 Å². The molecule has 0 unspecified atom stereocenters. The minimum atomic E-state index is -1.24. The summed E-state index contributed by atoms with van der Waals surface area (Å²) in [6, 6.07) is 7.36. The number of aliphatic hydroxyl groups is 2. The van der Waals surface area contributed by atoms with Crippen LogP contribution in [0.3, 0.4) is 0 Å². The van der Waals surface area contributed by atoms with Crippen molar-refractivity contribution in [3.05, 3.63) is 29.8 Å². The second-order valence-corrected chi connectivity index (χ2v) is 5.23. The molecule has 1 aromatic carbocycles. The summed E-state index contributed by atoms with van der Waals surface area (Å²) in [4.78, 5) is 13.2. The first-order valence-corrected chi connectivity index (χ1v) is 7.52. The molecular weight excluding hydrogens is 286 g/mol. The van der Waals surface area contributed by atoms with E-state index in [9.17, 15) is 15.0 Å². The third kappa shape index (κ3) is 3.84. The molecule has 0 bridgehead atoms. The lowest BCUT2D eigenvalue weighted by Crippen LogP contribution is -2.42. The number of anilines is 1. The van der Waals surface area contributed by atoms with Gasteiger partial charge in [0.25, 0.3) is 0 Å². The van der Waals surface area contributed by atoms with Gasteiger partial charge in [-0.05, 0) is 31.5 Å². The molecule has 122 valence electrons. The van der Waals surface area contributed by atoms with E-state index in [1.54, 1.807) is 12.1 Å². The topological polar surface area (TPSA) is 79.2 Å². The highest BCUT2D eigenvalue weighted by molar-refractivity contribution is 5.81. The summed E-state index contributed by atoms with van der Waals surface area (Å²) < 4.78 is 10.2. The maximum absolute atomic E-state index is 11.0. The number of hydrogen-bond acceptors (Lipinski definition) is 6. The maximum Gasteiger partial charge on any atom is 0.187 e. The Balaban J connectivity index is 2.02. The van der Waals surface area contributed by atoms with Crippen molar-refractivity contribution < 1.29 is 24.5 Å². The van der Waals surface area contributed by atoms with E-state index in [1.165, 1.54) is 0 Å². The highest BCUT2D eigenvalue weighted by Gasteiger charge is 2.32. The van der Waals surface area contributed by atoms with Gasteiger partial charge in [-0.15, -0.1) is 0 Å². The average molecular weight is 309 g/mol. The van der Waals surface area contributed by atoms with E-state index >= 15 is 0 Å². The molecule has 2 atom stereocenters. The molecule has 0 aromatic heterocycles. The number of Topliss-reactive ketones (excluding diaryl/α,β-unsaturated/α-hetero) is 1. The van der Waals surface area contributed by atoms with Crippen LogP contribution in [0.4, 0.5) is 5.69 Å². The van der Waals surface area contributed by atoms with Crippen LogP contribution in [-0.2, 0) is 14.3 Å². The van der Waals surface area contributed by atoms with Gasteiger partial charge in [-0.1, -0.05) is 12.1 Å². The number of carbonyl (C=O) groups is 1. The minimum Gasteiger partial charge on any atom is -0.385 e. The zero-order valence-electron chi connectivity index (χ0n) is 12.9. The first kappa shape index (κ1) is 16.9. The molecule has 1 aliphatic rings. The van der Waals surface area contributed by atoms with Crippen LogP contribution in [0.25, 0.3) is 0 Å². The summed E-state index contributed by atoms with van der Waals surface area (Å²) in [6.45, 7) is 5.76. The van der Waals surface area contributed by atoms with Crippen LogP contribution in [0.15, 0.2) is 24.3 Å². The van der Waals surface area contributed by atoms with Crippen LogP contribution in [0.1, 0.15) is 25.5 Å². The summed E-state index contributed by atoms with van der Waals surface area (Å²) in [5.41, 5.74) is 1.64. The van der Waals surface area contributed by atoms with Crippen LogP contribution in [-0.4, -0.2) is 54.7 Å². The molecule has 0 saturated carbocycles. The zero-order chi connectivity index (χ0) is 16.1. The summed E-state index contributed by atoms with van der Waals surface area (Å²) in [6.07, 6.45) is -3.37. The minimum absolute atomic E-state index is 0.102. The normalized spacial score (nSPS) is 19.0. The molecule has 1 aromatic rings. The number of rotatable bonds is 6. The Morgan fingerprint density at radius 1 is 1.14 bits per heavy atom.